The Balaban J connectivity index is 1.80. The zero-order valence-corrected chi connectivity index (χ0v) is 14.1. The first kappa shape index (κ1) is 15.0. The number of aromatic nitrogens is 3. The van der Waals surface area contributed by atoms with Gasteiger partial charge in [-0.05, 0) is 17.7 Å². The van der Waals surface area contributed by atoms with Crippen LogP contribution < -0.4 is 10.2 Å². The Morgan fingerprint density at radius 3 is 3.04 bits per heavy atom. The summed E-state index contributed by atoms with van der Waals surface area (Å²) in [6, 6.07) is 10.3. The van der Waals surface area contributed by atoms with Crippen LogP contribution in [0.2, 0.25) is 0 Å². The second-order valence-electron chi connectivity index (χ2n) is 5.68. The van der Waals surface area contributed by atoms with Gasteiger partial charge in [0, 0.05) is 37.0 Å². The van der Waals surface area contributed by atoms with Crippen molar-refractivity contribution in [3.05, 3.63) is 53.9 Å². The summed E-state index contributed by atoms with van der Waals surface area (Å²) in [5.41, 5.74) is 2.34. The summed E-state index contributed by atoms with van der Waals surface area (Å²) >= 11 is 1.76. The molecule has 0 fully saturated rings. The number of hydrogen-bond donors (Lipinski definition) is 1. The summed E-state index contributed by atoms with van der Waals surface area (Å²) < 4.78 is 1.63. The molecule has 1 amide bonds. The number of carbonyl (C=O) groups is 1. The van der Waals surface area contributed by atoms with Crippen LogP contribution in [0.15, 0.2) is 47.6 Å². The van der Waals surface area contributed by atoms with E-state index >= 15 is 0 Å². The molecule has 1 N–H and O–H groups in total. The second-order valence-corrected chi connectivity index (χ2v) is 6.82. The average Bonchev–Trinajstić information content (AvgIpc) is 3.02. The molecule has 6 nitrogen and oxygen atoms in total. The minimum Gasteiger partial charge on any atom is -0.355 e. The van der Waals surface area contributed by atoms with Gasteiger partial charge in [0.1, 0.15) is 11.4 Å². The van der Waals surface area contributed by atoms with Crippen LogP contribution in [-0.2, 0) is 6.54 Å². The van der Waals surface area contributed by atoms with Gasteiger partial charge in [-0.3, -0.25) is 4.79 Å². The first-order chi connectivity index (χ1) is 11.7. The fourth-order valence-corrected chi connectivity index (χ4v) is 3.68. The molecule has 1 aromatic carbocycles. The van der Waals surface area contributed by atoms with Gasteiger partial charge in [0.15, 0.2) is 5.65 Å². The quantitative estimate of drug-likeness (QED) is 0.680. The van der Waals surface area contributed by atoms with Gasteiger partial charge in [0.05, 0.1) is 6.20 Å². The van der Waals surface area contributed by atoms with E-state index in [2.05, 4.69) is 38.5 Å². The van der Waals surface area contributed by atoms with Crippen LogP contribution in [0, 0.1) is 0 Å². The minimum absolute atomic E-state index is 0.134. The summed E-state index contributed by atoms with van der Waals surface area (Å²) in [5, 5.41) is 7.17. The number of thioether (sulfide) groups is 1. The zero-order valence-electron chi connectivity index (χ0n) is 13.3. The van der Waals surface area contributed by atoms with E-state index in [0.29, 0.717) is 17.8 Å². The first-order valence-electron chi connectivity index (χ1n) is 7.77. The molecule has 0 saturated heterocycles. The molecule has 24 heavy (non-hydrogen) atoms. The molecule has 2 bridgehead atoms. The van der Waals surface area contributed by atoms with E-state index in [9.17, 15) is 4.79 Å². The van der Waals surface area contributed by atoms with Crippen LogP contribution in [0.4, 0.5) is 5.82 Å². The van der Waals surface area contributed by atoms with Crippen molar-refractivity contribution in [1.82, 2.24) is 19.9 Å². The number of rotatable bonds is 0. The van der Waals surface area contributed by atoms with Crippen molar-refractivity contribution in [2.45, 2.75) is 11.4 Å². The Morgan fingerprint density at radius 1 is 1.25 bits per heavy atom. The number of nitrogens with zero attached hydrogens (tertiary/aromatic N) is 4. The van der Waals surface area contributed by atoms with Crippen LogP contribution >= 0.6 is 11.8 Å². The summed E-state index contributed by atoms with van der Waals surface area (Å²) in [5.74, 6) is 1.50. The van der Waals surface area contributed by atoms with E-state index in [1.807, 2.05) is 25.4 Å². The number of benzene rings is 1. The van der Waals surface area contributed by atoms with Crippen LogP contribution in [0.25, 0.3) is 5.65 Å². The van der Waals surface area contributed by atoms with Crippen LogP contribution in [-0.4, -0.2) is 39.9 Å². The van der Waals surface area contributed by atoms with E-state index < -0.39 is 0 Å². The topological polar surface area (TPSA) is 62.5 Å². The van der Waals surface area contributed by atoms with Crippen molar-refractivity contribution in [3.8, 4) is 0 Å². The molecule has 0 radical (unpaired) electrons. The Bertz CT molecular complexity index is 907. The van der Waals surface area contributed by atoms with Gasteiger partial charge in [0.25, 0.3) is 5.91 Å². The molecule has 0 saturated carbocycles. The number of anilines is 1. The van der Waals surface area contributed by atoms with Gasteiger partial charge in [0.2, 0.25) is 0 Å². The van der Waals surface area contributed by atoms with E-state index in [1.54, 1.807) is 22.5 Å². The lowest BCUT2D eigenvalue weighted by Gasteiger charge is -2.20. The summed E-state index contributed by atoms with van der Waals surface area (Å²) in [7, 11) is 2.01. The molecule has 0 unspecified atom stereocenters. The second kappa shape index (κ2) is 6.16. The molecule has 4 rings (SSSR count). The maximum atomic E-state index is 12.4. The largest absolute Gasteiger partial charge is 0.355 e. The highest BCUT2D eigenvalue weighted by atomic mass is 32.2. The molecule has 2 aromatic heterocycles. The van der Waals surface area contributed by atoms with E-state index in [0.717, 1.165) is 18.1 Å². The molecule has 0 atom stereocenters. The lowest BCUT2D eigenvalue weighted by atomic mass is 10.2. The number of nitrogens with one attached hydrogen (secondary N) is 1. The van der Waals surface area contributed by atoms with Gasteiger partial charge in [-0.15, -0.1) is 11.8 Å². The number of fused-ring (bicyclic) bond motifs is 2. The fraction of sp³-hybridized carbons (Fsp3) is 0.235. The van der Waals surface area contributed by atoms with Crippen molar-refractivity contribution >= 4 is 29.1 Å². The summed E-state index contributed by atoms with van der Waals surface area (Å²) in [6.07, 6.45) is 3.41. The Morgan fingerprint density at radius 2 is 2.12 bits per heavy atom. The molecule has 3 heterocycles. The lowest BCUT2D eigenvalue weighted by Crippen LogP contribution is -2.25. The van der Waals surface area contributed by atoms with Gasteiger partial charge in [-0.25, -0.2) is 9.50 Å². The molecule has 122 valence electrons. The monoisotopic (exact) mass is 339 g/mol. The predicted molar refractivity (Wildman–Crippen MR) is 94.6 cm³/mol. The van der Waals surface area contributed by atoms with Crippen LogP contribution in [0.1, 0.15) is 15.9 Å². The van der Waals surface area contributed by atoms with Crippen molar-refractivity contribution in [3.63, 3.8) is 0 Å². The Labute approximate surface area is 143 Å². The van der Waals surface area contributed by atoms with Crippen molar-refractivity contribution in [1.29, 1.82) is 0 Å². The van der Waals surface area contributed by atoms with Crippen molar-refractivity contribution in [2.75, 3.05) is 24.2 Å². The van der Waals surface area contributed by atoms with Crippen molar-refractivity contribution in [2.24, 2.45) is 0 Å². The standard InChI is InChI=1S/C17H17N5OS/c1-21-11-12-4-2-3-5-14(12)24-9-7-18-17(23)13-10-19-22-8-6-15(21)20-16(13)22/h2-6,8,10H,7,9,11H2,1H3,(H,18,23). The highest BCUT2D eigenvalue weighted by Crippen LogP contribution is 2.25. The molecule has 1 aliphatic rings. The number of hydrogen-bond acceptors (Lipinski definition) is 5. The molecule has 3 aromatic rings. The minimum atomic E-state index is -0.134. The third-order valence-corrected chi connectivity index (χ3v) is 5.13. The lowest BCUT2D eigenvalue weighted by molar-refractivity contribution is 0.0957. The maximum Gasteiger partial charge on any atom is 0.256 e. The molecule has 0 aliphatic carbocycles. The first-order valence-corrected chi connectivity index (χ1v) is 8.75. The number of amides is 1. The van der Waals surface area contributed by atoms with E-state index in [1.165, 1.54) is 10.5 Å². The number of carbonyl (C=O) groups excluding carboxylic acids is 1. The zero-order chi connectivity index (χ0) is 16.5. The molecule has 0 spiro atoms. The van der Waals surface area contributed by atoms with Gasteiger partial charge < -0.3 is 10.2 Å². The maximum absolute atomic E-state index is 12.4. The third-order valence-electron chi connectivity index (χ3n) is 4.02. The molecular formula is C17H17N5OS. The SMILES string of the molecule is CN1Cc2ccccc2SCCNC(=O)c2cnn3ccc1nc23. The Hall–Kier alpha value is -2.54. The molecule has 7 heteroatoms. The smallest absolute Gasteiger partial charge is 0.256 e. The Kier molecular flexibility index (Phi) is 3.86. The average molecular weight is 339 g/mol. The highest BCUT2D eigenvalue weighted by molar-refractivity contribution is 7.99. The predicted octanol–water partition coefficient (Wildman–Crippen LogP) is 2.20. The third kappa shape index (κ3) is 2.71. The molecule has 1 aliphatic heterocycles. The summed E-state index contributed by atoms with van der Waals surface area (Å²) in [4.78, 5) is 20.4. The van der Waals surface area contributed by atoms with E-state index in [4.69, 9.17) is 0 Å². The van der Waals surface area contributed by atoms with Crippen LogP contribution in [0.3, 0.4) is 0 Å². The summed E-state index contributed by atoms with van der Waals surface area (Å²) in [6.45, 7) is 1.36. The van der Waals surface area contributed by atoms with Gasteiger partial charge >= 0.3 is 0 Å². The normalized spacial score (nSPS) is 15.4. The highest BCUT2D eigenvalue weighted by Gasteiger charge is 2.16. The molecular weight excluding hydrogens is 322 g/mol. The fourth-order valence-electron chi connectivity index (χ4n) is 2.76. The van der Waals surface area contributed by atoms with Crippen LogP contribution in [0.5, 0.6) is 0 Å². The van der Waals surface area contributed by atoms with Gasteiger partial charge in [-0.1, -0.05) is 18.2 Å². The van der Waals surface area contributed by atoms with Gasteiger partial charge in [-0.2, -0.15) is 5.10 Å². The van der Waals surface area contributed by atoms with E-state index in [-0.39, 0.29) is 5.91 Å². The van der Waals surface area contributed by atoms with Crippen molar-refractivity contribution < 1.29 is 4.79 Å².